The highest BCUT2D eigenvalue weighted by Crippen LogP contribution is 2.19. The smallest absolute Gasteiger partial charge is 0.262 e. The number of unbranched alkanes of at least 4 members (excludes halogenated alkanes) is 9. The lowest BCUT2D eigenvalue weighted by Crippen LogP contribution is -2.35. The number of quaternary nitrogens is 1. The van der Waals surface area contributed by atoms with E-state index in [0.717, 1.165) is 4.48 Å². The highest BCUT2D eigenvalue weighted by atomic mass is 79.9. The van der Waals surface area contributed by atoms with Gasteiger partial charge in [-0.3, -0.25) is 4.57 Å². The standard InChI is InChI=1S/C15H34N.3C6H15N.BrH.H3O4P/c1-5-6-7-8-9-10-11-12-13-14-15-16(2,3)4;3*1-3-5-7-6-4-2;;1-5(2,3)4/h5-15H2,1-4H3;3*7H,3-6H2,1-2H3;1H;(H3,1,2,3,4)/q+1;;;;;/p-1. The average molecular weight is 710 g/mol. The number of hydrogen-bond acceptors (Lipinski definition) is 5. The fraction of sp³-hybridized carbons (Fsp3) is 1.00. The van der Waals surface area contributed by atoms with Gasteiger partial charge in [0.05, 0.1) is 27.7 Å². The van der Waals surface area contributed by atoms with Crippen LogP contribution >= 0.6 is 24.8 Å². The molecule has 0 aliphatic heterocycles. The quantitative estimate of drug-likeness (QED) is 0.0418. The summed E-state index contributed by atoms with van der Waals surface area (Å²) in [4.78, 5) is 22.9. The second-order valence-corrected chi connectivity index (χ2v) is 12.9. The van der Waals surface area contributed by atoms with Crippen molar-refractivity contribution in [2.45, 2.75) is 151 Å². The fourth-order valence-electron chi connectivity index (χ4n) is 3.51. The Morgan fingerprint density at radius 3 is 0.884 bits per heavy atom. The fourth-order valence-corrected chi connectivity index (χ4v) is 3.51. The Labute approximate surface area is 282 Å². The molecule has 0 aromatic rings. The zero-order valence-corrected chi connectivity index (χ0v) is 33.4. The Morgan fingerprint density at radius 2 is 0.698 bits per heavy atom. The summed E-state index contributed by atoms with van der Waals surface area (Å²) in [6.45, 7) is 23.8. The van der Waals surface area contributed by atoms with E-state index in [0.29, 0.717) is 0 Å². The predicted octanol–water partition coefficient (Wildman–Crippen LogP) is 7.82. The number of nitrogens with one attached hydrogen (secondary N) is 3. The molecule has 0 fully saturated rings. The molecule has 0 rings (SSSR count). The molecule has 0 aliphatic rings. The van der Waals surface area contributed by atoms with Crippen LogP contribution in [-0.4, -0.2) is 81.2 Å². The average Bonchev–Trinajstić information content (AvgIpc) is 2.90. The summed E-state index contributed by atoms with van der Waals surface area (Å²) in [6, 6.07) is 0. The van der Waals surface area contributed by atoms with E-state index >= 15 is 0 Å². The molecule has 10 heteroatoms. The topological polar surface area (TPSA) is 117 Å². The molecule has 0 spiro atoms. The summed E-state index contributed by atoms with van der Waals surface area (Å²) in [5.41, 5.74) is 0. The van der Waals surface area contributed by atoms with Crippen molar-refractivity contribution in [3.63, 3.8) is 0 Å². The Morgan fingerprint density at radius 1 is 0.488 bits per heavy atom. The molecule has 0 saturated heterocycles. The SMILES string of the molecule is Br.CCCCCCCCCCCC[N+](C)(C)C.CCCNCCC.CCCNCCC.CCCNCCC.O=P([O-])(O)O. The highest BCUT2D eigenvalue weighted by Gasteiger charge is 2.04. The van der Waals surface area contributed by atoms with Gasteiger partial charge < -0.3 is 35.1 Å². The Hall–Kier alpha value is 0.430. The van der Waals surface area contributed by atoms with Crippen molar-refractivity contribution in [3.05, 3.63) is 0 Å². The third-order valence-electron chi connectivity index (χ3n) is 5.74. The molecule has 5 N–H and O–H groups in total. The van der Waals surface area contributed by atoms with E-state index in [1.54, 1.807) is 0 Å². The first-order chi connectivity index (χ1) is 19.8. The molecule has 0 unspecified atom stereocenters. The van der Waals surface area contributed by atoms with E-state index in [-0.39, 0.29) is 17.0 Å². The molecular weight excluding hydrogens is 627 g/mol. The third kappa shape index (κ3) is 107. The molecule has 43 heavy (non-hydrogen) atoms. The predicted molar refractivity (Wildman–Crippen MR) is 197 cm³/mol. The van der Waals surface area contributed by atoms with Crippen molar-refractivity contribution in [2.75, 3.05) is 67.0 Å². The molecule has 8 nitrogen and oxygen atoms in total. The summed E-state index contributed by atoms with van der Waals surface area (Å²) in [5, 5.41) is 9.85. The van der Waals surface area contributed by atoms with Crippen molar-refractivity contribution in [1.29, 1.82) is 0 Å². The van der Waals surface area contributed by atoms with Gasteiger partial charge in [-0.2, -0.15) is 0 Å². The molecule has 0 bridgehead atoms. The van der Waals surface area contributed by atoms with Crippen molar-refractivity contribution < 1.29 is 23.7 Å². The Balaban J connectivity index is -0.000000107. The number of phosphoric acid groups is 1. The van der Waals surface area contributed by atoms with Crippen molar-refractivity contribution in [3.8, 4) is 0 Å². The summed E-state index contributed by atoms with van der Waals surface area (Å²) >= 11 is 0. The van der Waals surface area contributed by atoms with E-state index in [4.69, 9.17) is 19.2 Å². The maximum atomic E-state index is 8.77. The lowest BCUT2D eigenvalue weighted by atomic mass is 10.1. The van der Waals surface area contributed by atoms with Crippen LogP contribution in [0.5, 0.6) is 0 Å². The molecule has 0 amide bonds. The van der Waals surface area contributed by atoms with Crippen LogP contribution in [-0.2, 0) is 4.57 Å². The van der Waals surface area contributed by atoms with Gasteiger partial charge in [0.25, 0.3) is 7.82 Å². The minimum Gasteiger partial charge on any atom is -0.756 e. The van der Waals surface area contributed by atoms with Gasteiger partial charge in [0.15, 0.2) is 0 Å². The van der Waals surface area contributed by atoms with Gasteiger partial charge in [-0.25, -0.2) is 0 Å². The van der Waals surface area contributed by atoms with E-state index < -0.39 is 7.82 Å². The second kappa shape index (κ2) is 49.3. The van der Waals surface area contributed by atoms with Crippen molar-refractivity contribution in [1.82, 2.24) is 16.0 Å². The van der Waals surface area contributed by atoms with Crippen molar-refractivity contribution >= 4 is 24.8 Å². The number of rotatable bonds is 23. The summed E-state index contributed by atoms with van der Waals surface area (Å²) < 4.78 is 9.89. The van der Waals surface area contributed by atoms with Crippen LogP contribution in [0.3, 0.4) is 0 Å². The van der Waals surface area contributed by atoms with Gasteiger partial charge >= 0.3 is 0 Å². The minimum absolute atomic E-state index is 0. The summed E-state index contributed by atoms with van der Waals surface area (Å²) in [6.07, 6.45) is 21.9. The lowest BCUT2D eigenvalue weighted by molar-refractivity contribution is -0.870. The second-order valence-electron chi connectivity index (χ2n) is 11.9. The van der Waals surface area contributed by atoms with E-state index in [2.05, 4.69) is 85.6 Å². The van der Waals surface area contributed by atoms with Crippen LogP contribution < -0.4 is 20.8 Å². The van der Waals surface area contributed by atoms with Gasteiger partial charge in [-0.1, -0.05) is 99.8 Å². The van der Waals surface area contributed by atoms with Crippen LogP contribution in [0, 0.1) is 0 Å². The van der Waals surface area contributed by atoms with Crippen LogP contribution in [0.2, 0.25) is 0 Å². The molecule has 0 aliphatic carbocycles. The summed E-state index contributed by atoms with van der Waals surface area (Å²) in [7, 11) is 1.97. The zero-order valence-electron chi connectivity index (χ0n) is 30.8. The van der Waals surface area contributed by atoms with E-state index in [9.17, 15) is 0 Å². The normalized spacial score (nSPS) is 10.4. The number of halogens is 1. The van der Waals surface area contributed by atoms with Gasteiger partial charge in [-0.05, 0) is 90.6 Å². The van der Waals surface area contributed by atoms with Crippen LogP contribution in [0.1, 0.15) is 151 Å². The summed E-state index contributed by atoms with van der Waals surface area (Å²) in [5.74, 6) is 0. The maximum absolute atomic E-state index is 8.77. The molecule has 0 aromatic heterocycles. The lowest BCUT2D eigenvalue weighted by Gasteiger charge is -2.23. The molecule has 0 aromatic carbocycles. The van der Waals surface area contributed by atoms with Gasteiger partial charge in [0.2, 0.25) is 0 Å². The van der Waals surface area contributed by atoms with Crippen LogP contribution in [0.15, 0.2) is 0 Å². The number of hydrogen-bond donors (Lipinski definition) is 5. The highest BCUT2D eigenvalue weighted by molar-refractivity contribution is 8.93. The van der Waals surface area contributed by atoms with Crippen molar-refractivity contribution in [2.24, 2.45) is 0 Å². The number of nitrogens with zero attached hydrogens (tertiary/aromatic N) is 1. The molecule has 270 valence electrons. The van der Waals surface area contributed by atoms with Gasteiger partial charge in [-0.15, -0.1) is 17.0 Å². The molecule has 0 radical (unpaired) electrons. The minimum atomic E-state index is -4.89. The maximum Gasteiger partial charge on any atom is 0.262 e. The van der Waals surface area contributed by atoms with Gasteiger partial charge in [0.1, 0.15) is 0 Å². The first-order valence-corrected chi connectivity index (χ1v) is 19.0. The van der Waals surface area contributed by atoms with E-state index in [1.165, 1.54) is 149 Å². The van der Waals surface area contributed by atoms with E-state index in [1.807, 2.05) is 0 Å². The van der Waals surface area contributed by atoms with Gasteiger partial charge in [0, 0.05) is 0 Å². The first-order valence-electron chi connectivity index (χ1n) is 17.5. The largest absolute Gasteiger partial charge is 0.756 e. The molecule has 0 saturated carbocycles. The Kier molecular flexibility index (Phi) is 64.0. The van der Waals surface area contributed by atoms with Crippen LogP contribution in [0.4, 0.5) is 0 Å². The first kappa shape index (κ1) is 55.8. The molecule has 0 heterocycles. The molecule has 0 atom stereocenters. The molecular formula is C33H82BrN4O4P. The monoisotopic (exact) mass is 709 g/mol. The van der Waals surface area contributed by atoms with Crippen LogP contribution in [0.25, 0.3) is 0 Å². The zero-order chi connectivity index (χ0) is 33.4. The third-order valence-corrected chi connectivity index (χ3v) is 5.74. The Bertz CT molecular complexity index is 438.